The van der Waals surface area contributed by atoms with Gasteiger partial charge in [0.05, 0.1) is 6.10 Å². The van der Waals surface area contributed by atoms with Crippen LogP contribution in [0.5, 0.6) is 0 Å². The van der Waals surface area contributed by atoms with Crippen LogP contribution in [0.1, 0.15) is 128 Å². The molecule has 0 aromatic carbocycles. The highest BCUT2D eigenvalue weighted by molar-refractivity contribution is 4.89. The van der Waals surface area contributed by atoms with E-state index < -0.39 is 0 Å². The summed E-state index contributed by atoms with van der Waals surface area (Å²) in [6.07, 6.45) is 13.9. The molecule has 0 bridgehead atoms. The lowest BCUT2D eigenvalue weighted by Gasteiger charge is -2.44. The van der Waals surface area contributed by atoms with Gasteiger partial charge >= 0.3 is 0 Å². The quantitative estimate of drug-likeness (QED) is 0.495. The second kappa shape index (κ2) is 15.8. The first-order valence-electron chi connectivity index (χ1n) is 10.6. The number of hydrogen-bond donors (Lipinski definition) is 1. The van der Waals surface area contributed by atoms with Crippen LogP contribution in [0.15, 0.2) is 0 Å². The molecule has 168 valence electrons. The zero-order valence-corrected chi connectivity index (χ0v) is 17.5. The topological polar surface area (TPSA) is 21.3 Å². The third kappa shape index (κ3) is 14.6. The summed E-state index contributed by atoms with van der Waals surface area (Å²) in [4.78, 5) is 0. The minimum atomic E-state index is 0. The van der Waals surface area contributed by atoms with Gasteiger partial charge in [0.15, 0.2) is 0 Å². The highest BCUT2D eigenvalue weighted by Gasteiger charge is 2.38. The molecule has 0 saturated heterocycles. The first-order chi connectivity index (χ1) is 11.3. The molecular weight excluding hydrogens is 330 g/mol. The molecule has 0 aromatic heterocycles. The Hall–Kier alpha value is -0.0800. The number of nitrogens with one attached hydrogen (secondary N) is 1. The van der Waals surface area contributed by atoms with Gasteiger partial charge in [0, 0.05) is 12.6 Å². The van der Waals surface area contributed by atoms with Gasteiger partial charge in [-0.1, -0.05) is 83.1 Å². The number of rotatable bonds is 6. The molecule has 2 fully saturated rings. The fourth-order valence-corrected chi connectivity index (χ4v) is 4.80. The first kappa shape index (κ1) is 31.6. The molecule has 0 spiro atoms. The summed E-state index contributed by atoms with van der Waals surface area (Å²) in [5.74, 6) is 0. The summed E-state index contributed by atoms with van der Waals surface area (Å²) in [7, 11) is 0. The van der Waals surface area contributed by atoms with E-state index in [1.54, 1.807) is 0 Å². The maximum Gasteiger partial charge on any atom is 0.0585 e. The van der Waals surface area contributed by atoms with Crippen molar-refractivity contribution in [2.75, 3.05) is 13.2 Å². The smallest absolute Gasteiger partial charge is 0.0585 e. The molecule has 0 atom stereocenters. The van der Waals surface area contributed by atoms with Crippen molar-refractivity contribution < 1.29 is 4.74 Å². The van der Waals surface area contributed by atoms with Crippen LogP contribution in [0.4, 0.5) is 0 Å². The zero-order chi connectivity index (χ0) is 18.1. The predicted molar refractivity (Wildman–Crippen MR) is 127 cm³/mol. The van der Waals surface area contributed by atoms with E-state index in [1.807, 2.05) is 0 Å². The predicted octanol–water partition coefficient (Wildman–Crippen LogP) is 8.24. The SMILES string of the molecule is C.C.C.CCCNC1CCCCC1.CCCOC1CC(C)(C)CC(C)(C)C1. The van der Waals surface area contributed by atoms with Gasteiger partial charge in [0.25, 0.3) is 0 Å². The lowest BCUT2D eigenvalue weighted by atomic mass is 9.64. The molecule has 2 saturated carbocycles. The molecule has 2 aliphatic carbocycles. The Morgan fingerprint density at radius 1 is 0.815 bits per heavy atom. The fourth-order valence-electron chi connectivity index (χ4n) is 4.80. The van der Waals surface area contributed by atoms with Crippen LogP contribution in [0.3, 0.4) is 0 Å². The maximum atomic E-state index is 5.90. The van der Waals surface area contributed by atoms with Gasteiger partial charge in [-0.15, -0.1) is 0 Å². The molecule has 2 rings (SSSR count). The third-order valence-electron chi connectivity index (χ3n) is 5.36. The van der Waals surface area contributed by atoms with E-state index >= 15 is 0 Å². The largest absolute Gasteiger partial charge is 0.378 e. The molecule has 2 heteroatoms. The lowest BCUT2D eigenvalue weighted by Crippen LogP contribution is -2.38. The monoisotopic (exact) mass is 387 g/mol. The molecule has 0 heterocycles. The van der Waals surface area contributed by atoms with Crippen LogP contribution in [-0.2, 0) is 4.74 Å². The van der Waals surface area contributed by atoms with Crippen LogP contribution in [0, 0.1) is 10.8 Å². The van der Waals surface area contributed by atoms with Gasteiger partial charge in [0.2, 0.25) is 0 Å². The van der Waals surface area contributed by atoms with Crippen molar-refractivity contribution >= 4 is 0 Å². The van der Waals surface area contributed by atoms with Crippen molar-refractivity contribution in [1.29, 1.82) is 0 Å². The van der Waals surface area contributed by atoms with Crippen LogP contribution in [0.2, 0.25) is 0 Å². The van der Waals surface area contributed by atoms with Gasteiger partial charge in [-0.3, -0.25) is 0 Å². The van der Waals surface area contributed by atoms with Gasteiger partial charge in [-0.05, 0) is 62.3 Å². The van der Waals surface area contributed by atoms with Crippen LogP contribution >= 0.6 is 0 Å². The van der Waals surface area contributed by atoms with Gasteiger partial charge in [-0.25, -0.2) is 0 Å². The van der Waals surface area contributed by atoms with E-state index in [-0.39, 0.29) is 22.3 Å². The van der Waals surface area contributed by atoms with Crippen molar-refractivity contribution in [3.05, 3.63) is 0 Å². The van der Waals surface area contributed by atoms with Crippen molar-refractivity contribution in [3.8, 4) is 0 Å². The highest BCUT2D eigenvalue weighted by atomic mass is 16.5. The molecule has 1 N–H and O–H groups in total. The Bertz CT molecular complexity index is 302. The fraction of sp³-hybridized carbons (Fsp3) is 1.00. The second-order valence-electron chi connectivity index (χ2n) is 9.70. The molecule has 0 aliphatic heterocycles. The summed E-state index contributed by atoms with van der Waals surface area (Å²) < 4.78 is 5.90. The Morgan fingerprint density at radius 3 is 1.78 bits per heavy atom. The Balaban J connectivity index is -0.000000400. The van der Waals surface area contributed by atoms with E-state index in [4.69, 9.17) is 4.74 Å². The van der Waals surface area contributed by atoms with E-state index in [1.165, 1.54) is 64.3 Å². The Labute approximate surface area is 174 Å². The van der Waals surface area contributed by atoms with Crippen LogP contribution in [-0.4, -0.2) is 25.3 Å². The van der Waals surface area contributed by atoms with Gasteiger partial charge in [-0.2, -0.15) is 0 Å². The maximum absolute atomic E-state index is 5.90. The zero-order valence-electron chi connectivity index (χ0n) is 17.5. The summed E-state index contributed by atoms with van der Waals surface area (Å²) in [6.45, 7) is 16.0. The van der Waals surface area contributed by atoms with E-state index in [0.717, 1.165) is 19.1 Å². The average Bonchev–Trinajstić information content (AvgIpc) is 2.49. The second-order valence-corrected chi connectivity index (χ2v) is 9.70. The molecular formula is C25H57NO. The van der Waals surface area contributed by atoms with Crippen LogP contribution < -0.4 is 5.32 Å². The summed E-state index contributed by atoms with van der Waals surface area (Å²) in [5.41, 5.74) is 0.917. The number of ether oxygens (including phenoxy) is 1. The van der Waals surface area contributed by atoms with Gasteiger partial charge in [0.1, 0.15) is 0 Å². The summed E-state index contributed by atoms with van der Waals surface area (Å²) in [6, 6.07) is 0.855. The summed E-state index contributed by atoms with van der Waals surface area (Å²) >= 11 is 0. The Kier molecular flexibility index (Phi) is 18.5. The van der Waals surface area contributed by atoms with E-state index in [9.17, 15) is 0 Å². The molecule has 0 aromatic rings. The van der Waals surface area contributed by atoms with Crippen molar-refractivity contribution in [1.82, 2.24) is 5.32 Å². The average molecular weight is 388 g/mol. The molecule has 0 radical (unpaired) electrons. The normalized spacial score (nSPS) is 21.6. The third-order valence-corrected chi connectivity index (χ3v) is 5.36. The van der Waals surface area contributed by atoms with Crippen molar-refractivity contribution in [2.24, 2.45) is 10.8 Å². The standard InChI is InChI=1S/C13H26O.C9H19N.3CH4/c1-6-7-14-11-8-12(2,3)10-13(4,5)9-11;1-2-8-10-9-6-4-3-5-7-9;;;/h11H,6-10H2,1-5H3;9-10H,2-8H2,1H3;3*1H4. The van der Waals surface area contributed by atoms with E-state index in [2.05, 4.69) is 46.9 Å². The molecule has 2 nitrogen and oxygen atoms in total. The van der Waals surface area contributed by atoms with Crippen molar-refractivity contribution in [3.63, 3.8) is 0 Å². The Morgan fingerprint density at radius 2 is 1.33 bits per heavy atom. The molecule has 27 heavy (non-hydrogen) atoms. The highest BCUT2D eigenvalue weighted by Crippen LogP contribution is 2.46. The lowest BCUT2D eigenvalue weighted by molar-refractivity contribution is -0.0485. The molecule has 0 unspecified atom stereocenters. The molecule has 0 amide bonds. The van der Waals surface area contributed by atoms with Crippen molar-refractivity contribution in [2.45, 2.75) is 140 Å². The van der Waals surface area contributed by atoms with Gasteiger partial charge < -0.3 is 10.1 Å². The minimum Gasteiger partial charge on any atom is -0.378 e. The number of hydrogen-bond acceptors (Lipinski definition) is 2. The minimum absolute atomic E-state index is 0. The first-order valence-corrected chi connectivity index (χ1v) is 10.6. The molecule has 2 aliphatic rings. The van der Waals surface area contributed by atoms with Crippen LogP contribution in [0.25, 0.3) is 0 Å². The summed E-state index contributed by atoms with van der Waals surface area (Å²) in [5, 5.41) is 3.57. The van der Waals surface area contributed by atoms with E-state index in [0.29, 0.717) is 16.9 Å².